The van der Waals surface area contributed by atoms with Gasteiger partial charge in [0, 0.05) is 29.8 Å². The highest BCUT2D eigenvalue weighted by molar-refractivity contribution is 9.10. The number of nitrogens with one attached hydrogen (secondary N) is 1. The SMILES string of the molecule is CC(=O)N(C)c1ccc(S(=O)(=O)Nc2ccc(Br)cc2)cc1. The fourth-order valence-electron chi connectivity index (χ4n) is 1.76. The number of amides is 1. The second kappa shape index (κ2) is 6.50. The van der Waals surface area contributed by atoms with Gasteiger partial charge in [-0.05, 0) is 48.5 Å². The molecule has 0 aliphatic rings. The summed E-state index contributed by atoms with van der Waals surface area (Å²) in [6, 6.07) is 13.0. The van der Waals surface area contributed by atoms with Gasteiger partial charge in [0.05, 0.1) is 4.90 Å². The molecule has 0 atom stereocenters. The molecule has 0 aromatic heterocycles. The zero-order chi connectivity index (χ0) is 16.3. The van der Waals surface area contributed by atoms with E-state index in [0.29, 0.717) is 11.4 Å². The van der Waals surface area contributed by atoms with Gasteiger partial charge in [-0.1, -0.05) is 15.9 Å². The number of rotatable bonds is 4. The van der Waals surface area contributed by atoms with Crippen LogP contribution >= 0.6 is 15.9 Å². The summed E-state index contributed by atoms with van der Waals surface area (Å²) in [7, 11) is -2.03. The lowest BCUT2D eigenvalue weighted by Crippen LogP contribution is -2.22. The lowest BCUT2D eigenvalue weighted by molar-refractivity contribution is -0.116. The van der Waals surface area contributed by atoms with Gasteiger partial charge in [0.1, 0.15) is 0 Å². The lowest BCUT2D eigenvalue weighted by atomic mass is 10.3. The minimum absolute atomic E-state index is 0.122. The predicted octanol–water partition coefficient (Wildman–Crippen LogP) is 3.23. The molecule has 0 unspecified atom stereocenters. The normalized spacial score (nSPS) is 11.0. The number of hydrogen-bond acceptors (Lipinski definition) is 3. The van der Waals surface area contributed by atoms with Crippen LogP contribution in [0, 0.1) is 0 Å². The Morgan fingerprint density at radius 1 is 1.05 bits per heavy atom. The summed E-state index contributed by atoms with van der Waals surface area (Å²) in [4.78, 5) is 12.9. The van der Waals surface area contributed by atoms with Crippen molar-refractivity contribution in [2.75, 3.05) is 16.7 Å². The summed E-state index contributed by atoms with van der Waals surface area (Å²) >= 11 is 3.29. The standard InChI is InChI=1S/C15H15BrN2O3S/c1-11(19)18(2)14-7-9-15(10-8-14)22(20,21)17-13-5-3-12(16)4-6-13/h3-10,17H,1-2H3. The van der Waals surface area contributed by atoms with Crippen LogP contribution < -0.4 is 9.62 Å². The monoisotopic (exact) mass is 382 g/mol. The summed E-state index contributed by atoms with van der Waals surface area (Å²) in [5, 5.41) is 0. The van der Waals surface area contributed by atoms with E-state index in [-0.39, 0.29) is 10.8 Å². The first-order valence-corrected chi connectivity index (χ1v) is 8.70. The molecule has 5 nitrogen and oxygen atoms in total. The van der Waals surface area contributed by atoms with E-state index in [1.807, 2.05) is 0 Å². The molecule has 0 bridgehead atoms. The molecule has 0 spiro atoms. The van der Waals surface area contributed by atoms with Crippen LogP contribution in [0.25, 0.3) is 0 Å². The van der Waals surface area contributed by atoms with E-state index in [1.165, 1.54) is 24.0 Å². The van der Waals surface area contributed by atoms with Crippen LogP contribution in [0.3, 0.4) is 0 Å². The molecule has 0 fully saturated rings. The van der Waals surface area contributed by atoms with Gasteiger partial charge in [-0.25, -0.2) is 8.42 Å². The molecular weight excluding hydrogens is 368 g/mol. The third-order valence-corrected chi connectivity index (χ3v) is 5.03. The van der Waals surface area contributed by atoms with E-state index in [4.69, 9.17) is 0 Å². The lowest BCUT2D eigenvalue weighted by Gasteiger charge is -2.15. The van der Waals surface area contributed by atoms with E-state index < -0.39 is 10.0 Å². The van der Waals surface area contributed by atoms with Crippen molar-refractivity contribution in [3.8, 4) is 0 Å². The quantitative estimate of drug-likeness (QED) is 0.882. The van der Waals surface area contributed by atoms with Crippen molar-refractivity contribution in [3.63, 3.8) is 0 Å². The molecule has 0 radical (unpaired) electrons. The summed E-state index contributed by atoms with van der Waals surface area (Å²) in [5.74, 6) is -0.122. The summed E-state index contributed by atoms with van der Waals surface area (Å²) < 4.78 is 28.0. The zero-order valence-corrected chi connectivity index (χ0v) is 14.5. The van der Waals surface area contributed by atoms with E-state index in [2.05, 4.69) is 20.7 Å². The van der Waals surface area contributed by atoms with Crippen molar-refractivity contribution >= 4 is 43.2 Å². The van der Waals surface area contributed by atoms with Crippen molar-refractivity contribution < 1.29 is 13.2 Å². The Hall–Kier alpha value is -1.86. The number of benzene rings is 2. The van der Waals surface area contributed by atoms with Gasteiger partial charge in [-0.15, -0.1) is 0 Å². The maximum absolute atomic E-state index is 12.3. The number of carbonyl (C=O) groups excluding carboxylic acids is 1. The van der Waals surface area contributed by atoms with Gasteiger partial charge in [-0.2, -0.15) is 0 Å². The van der Waals surface area contributed by atoms with Crippen LogP contribution in [0.15, 0.2) is 57.9 Å². The number of nitrogens with zero attached hydrogens (tertiary/aromatic N) is 1. The van der Waals surface area contributed by atoms with Crippen LogP contribution in [0.2, 0.25) is 0 Å². The van der Waals surface area contributed by atoms with E-state index >= 15 is 0 Å². The van der Waals surface area contributed by atoms with Crippen molar-refractivity contribution in [2.45, 2.75) is 11.8 Å². The Labute approximate surface area is 138 Å². The van der Waals surface area contributed by atoms with Gasteiger partial charge < -0.3 is 4.90 Å². The van der Waals surface area contributed by atoms with Crippen molar-refractivity contribution in [3.05, 3.63) is 53.0 Å². The Morgan fingerprint density at radius 2 is 1.59 bits per heavy atom. The fourth-order valence-corrected chi connectivity index (χ4v) is 3.09. The predicted molar refractivity (Wildman–Crippen MR) is 90.5 cm³/mol. The fraction of sp³-hybridized carbons (Fsp3) is 0.133. The molecule has 1 N–H and O–H groups in total. The topological polar surface area (TPSA) is 66.5 Å². The van der Waals surface area contributed by atoms with Crippen molar-refractivity contribution in [1.82, 2.24) is 0 Å². The minimum atomic E-state index is -3.66. The minimum Gasteiger partial charge on any atom is -0.316 e. The van der Waals surface area contributed by atoms with Gasteiger partial charge in [0.15, 0.2) is 0 Å². The molecule has 1 amide bonds. The molecule has 22 heavy (non-hydrogen) atoms. The van der Waals surface area contributed by atoms with Crippen LogP contribution in [-0.4, -0.2) is 21.4 Å². The molecule has 7 heteroatoms. The first-order valence-electron chi connectivity index (χ1n) is 6.42. The second-order valence-corrected chi connectivity index (χ2v) is 7.28. The molecule has 0 heterocycles. The number of carbonyl (C=O) groups is 1. The third-order valence-electron chi connectivity index (χ3n) is 3.10. The van der Waals surface area contributed by atoms with Crippen LogP contribution in [0.5, 0.6) is 0 Å². The van der Waals surface area contributed by atoms with Gasteiger partial charge in [0.2, 0.25) is 5.91 Å². The smallest absolute Gasteiger partial charge is 0.261 e. The highest BCUT2D eigenvalue weighted by Gasteiger charge is 2.15. The molecular formula is C15H15BrN2O3S. The van der Waals surface area contributed by atoms with Gasteiger partial charge in [-0.3, -0.25) is 9.52 Å². The molecule has 2 aromatic rings. The molecule has 116 valence electrons. The highest BCUT2D eigenvalue weighted by Crippen LogP contribution is 2.21. The van der Waals surface area contributed by atoms with Crippen molar-refractivity contribution in [1.29, 1.82) is 0 Å². The molecule has 2 rings (SSSR count). The van der Waals surface area contributed by atoms with Crippen LogP contribution in [-0.2, 0) is 14.8 Å². The molecule has 0 aliphatic heterocycles. The van der Waals surface area contributed by atoms with Crippen molar-refractivity contribution in [2.24, 2.45) is 0 Å². The Balaban J connectivity index is 2.22. The average Bonchev–Trinajstić information content (AvgIpc) is 2.48. The number of halogens is 1. The van der Waals surface area contributed by atoms with Crippen LogP contribution in [0.4, 0.5) is 11.4 Å². The molecule has 0 saturated carbocycles. The molecule has 0 saturated heterocycles. The largest absolute Gasteiger partial charge is 0.316 e. The van der Waals surface area contributed by atoms with Gasteiger partial charge >= 0.3 is 0 Å². The second-order valence-electron chi connectivity index (χ2n) is 4.68. The summed E-state index contributed by atoms with van der Waals surface area (Å²) in [6.45, 7) is 1.44. The van der Waals surface area contributed by atoms with E-state index in [0.717, 1.165) is 4.47 Å². The number of anilines is 2. The maximum atomic E-state index is 12.3. The first kappa shape index (κ1) is 16.5. The van der Waals surface area contributed by atoms with Gasteiger partial charge in [0.25, 0.3) is 10.0 Å². The maximum Gasteiger partial charge on any atom is 0.261 e. The third kappa shape index (κ3) is 3.86. The Morgan fingerprint density at radius 3 is 2.09 bits per heavy atom. The summed E-state index contributed by atoms with van der Waals surface area (Å²) in [6.07, 6.45) is 0. The first-order chi connectivity index (χ1) is 10.3. The molecule has 0 aliphatic carbocycles. The highest BCUT2D eigenvalue weighted by atomic mass is 79.9. The van der Waals surface area contributed by atoms with E-state index in [1.54, 1.807) is 43.4 Å². The van der Waals surface area contributed by atoms with E-state index in [9.17, 15) is 13.2 Å². The molecule has 2 aromatic carbocycles. The Kier molecular flexibility index (Phi) is 4.87. The summed E-state index contributed by atoms with van der Waals surface area (Å²) in [5.41, 5.74) is 1.11. The van der Waals surface area contributed by atoms with Crippen LogP contribution in [0.1, 0.15) is 6.92 Å². The average molecular weight is 383 g/mol. The number of sulfonamides is 1. The number of hydrogen-bond donors (Lipinski definition) is 1. The zero-order valence-electron chi connectivity index (χ0n) is 12.1. The Bertz CT molecular complexity index is 771.